The van der Waals surface area contributed by atoms with Crippen LogP contribution in [-0.4, -0.2) is 31.6 Å². The maximum absolute atomic E-state index is 12.5. The Bertz CT molecular complexity index is 624. The highest BCUT2D eigenvalue weighted by Gasteiger charge is 2.27. The van der Waals surface area contributed by atoms with E-state index in [9.17, 15) is 13.2 Å². The van der Waals surface area contributed by atoms with Gasteiger partial charge in [0, 0.05) is 24.8 Å². The maximum Gasteiger partial charge on any atom is 0.241 e. The lowest BCUT2D eigenvalue weighted by molar-refractivity contribution is -0.114. The molecule has 0 unspecified atom stereocenters. The molecule has 0 bridgehead atoms. The number of benzene rings is 1. The highest BCUT2D eigenvalue weighted by Crippen LogP contribution is 2.22. The molecule has 0 atom stereocenters. The topological polar surface area (TPSA) is 95.5 Å². The number of carbonyl (C=O) groups is 1. The maximum atomic E-state index is 12.5. The highest BCUT2D eigenvalue weighted by atomic mass is 32.2. The van der Waals surface area contributed by atoms with Crippen LogP contribution in [0, 0.1) is 6.92 Å². The molecular formula is C14H22N2O4S. The molecule has 0 aliphatic carbocycles. The van der Waals surface area contributed by atoms with Crippen molar-refractivity contribution in [2.45, 2.75) is 44.6 Å². The highest BCUT2D eigenvalue weighted by molar-refractivity contribution is 7.89. The molecule has 0 saturated carbocycles. The van der Waals surface area contributed by atoms with Gasteiger partial charge >= 0.3 is 0 Å². The standard InChI is InChI=1S/C14H22N2O4S/c1-10-5-6-12(15-11(2)18)9-13(10)21(19,20)16-14(3,4)7-8-17/h5-6,9,16-17H,7-8H2,1-4H3,(H,15,18). The van der Waals surface area contributed by atoms with E-state index in [4.69, 9.17) is 5.11 Å². The van der Waals surface area contributed by atoms with Crippen LogP contribution in [0.5, 0.6) is 0 Å². The molecule has 0 aliphatic heterocycles. The first-order valence-electron chi connectivity index (χ1n) is 6.60. The molecule has 21 heavy (non-hydrogen) atoms. The number of carbonyl (C=O) groups excluding carboxylic acids is 1. The summed E-state index contributed by atoms with van der Waals surface area (Å²) in [6.45, 7) is 6.34. The van der Waals surface area contributed by atoms with Crippen LogP contribution >= 0.6 is 0 Å². The van der Waals surface area contributed by atoms with E-state index in [0.717, 1.165) is 0 Å². The van der Waals surface area contributed by atoms with Gasteiger partial charge in [0.25, 0.3) is 0 Å². The van der Waals surface area contributed by atoms with Crippen molar-refractivity contribution in [3.63, 3.8) is 0 Å². The van der Waals surface area contributed by atoms with Gasteiger partial charge in [0.15, 0.2) is 0 Å². The summed E-state index contributed by atoms with van der Waals surface area (Å²) in [4.78, 5) is 11.2. The van der Waals surface area contributed by atoms with Gasteiger partial charge in [-0.15, -0.1) is 0 Å². The predicted octanol–water partition coefficient (Wildman–Crippen LogP) is 1.39. The van der Waals surface area contributed by atoms with Gasteiger partial charge in [-0.25, -0.2) is 13.1 Å². The number of nitrogens with one attached hydrogen (secondary N) is 2. The zero-order chi connectivity index (χ0) is 16.3. The molecule has 3 N–H and O–H groups in total. The second-order valence-electron chi connectivity index (χ2n) is 5.62. The first-order chi connectivity index (χ1) is 9.57. The molecule has 0 aromatic heterocycles. The van der Waals surface area contributed by atoms with Crippen LogP contribution < -0.4 is 10.0 Å². The van der Waals surface area contributed by atoms with E-state index >= 15 is 0 Å². The van der Waals surface area contributed by atoms with Gasteiger partial charge in [-0.2, -0.15) is 0 Å². The Morgan fingerprint density at radius 2 is 1.95 bits per heavy atom. The van der Waals surface area contributed by atoms with E-state index in [0.29, 0.717) is 17.7 Å². The first kappa shape index (κ1) is 17.6. The number of anilines is 1. The lowest BCUT2D eigenvalue weighted by Gasteiger charge is -2.25. The number of hydrogen-bond acceptors (Lipinski definition) is 4. The van der Waals surface area contributed by atoms with E-state index in [-0.39, 0.29) is 17.4 Å². The summed E-state index contributed by atoms with van der Waals surface area (Å²) in [7, 11) is -3.74. The largest absolute Gasteiger partial charge is 0.396 e. The summed E-state index contributed by atoms with van der Waals surface area (Å²) < 4.78 is 27.5. The normalized spacial score (nSPS) is 12.2. The van der Waals surface area contributed by atoms with Crippen molar-refractivity contribution in [1.82, 2.24) is 4.72 Å². The Hall–Kier alpha value is -1.44. The Morgan fingerprint density at radius 3 is 2.48 bits per heavy atom. The van der Waals surface area contributed by atoms with E-state index < -0.39 is 15.6 Å². The summed E-state index contributed by atoms with van der Waals surface area (Å²) in [6, 6.07) is 4.71. The third-order valence-electron chi connectivity index (χ3n) is 2.95. The minimum atomic E-state index is -3.74. The van der Waals surface area contributed by atoms with Gasteiger partial charge in [-0.05, 0) is 44.9 Å². The molecule has 118 valence electrons. The second kappa shape index (κ2) is 6.55. The van der Waals surface area contributed by atoms with E-state index in [2.05, 4.69) is 10.0 Å². The summed E-state index contributed by atoms with van der Waals surface area (Å²) in [5.41, 5.74) is 0.245. The van der Waals surface area contributed by atoms with Gasteiger partial charge in [0.05, 0.1) is 4.90 Å². The van der Waals surface area contributed by atoms with Crippen molar-refractivity contribution in [3.05, 3.63) is 23.8 Å². The minimum Gasteiger partial charge on any atom is -0.396 e. The summed E-state index contributed by atoms with van der Waals surface area (Å²) in [6.07, 6.45) is 0.302. The van der Waals surface area contributed by atoms with E-state index in [1.54, 1.807) is 32.9 Å². The third-order valence-corrected chi connectivity index (χ3v) is 4.79. The summed E-state index contributed by atoms with van der Waals surface area (Å²) >= 11 is 0. The monoisotopic (exact) mass is 314 g/mol. The molecule has 6 nitrogen and oxygen atoms in total. The average molecular weight is 314 g/mol. The molecule has 1 aromatic rings. The molecule has 0 aliphatic rings. The molecule has 1 rings (SSSR count). The minimum absolute atomic E-state index is 0.111. The molecule has 7 heteroatoms. The Balaban J connectivity index is 3.15. The van der Waals surface area contributed by atoms with E-state index in [1.165, 1.54) is 13.0 Å². The van der Waals surface area contributed by atoms with E-state index in [1.807, 2.05) is 0 Å². The fourth-order valence-electron chi connectivity index (χ4n) is 1.92. The van der Waals surface area contributed by atoms with Crippen LogP contribution in [0.1, 0.15) is 32.8 Å². The smallest absolute Gasteiger partial charge is 0.241 e. The quantitative estimate of drug-likeness (QED) is 0.739. The van der Waals surface area contributed by atoms with Crippen molar-refractivity contribution < 1.29 is 18.3 Å². The van der Waals surface area contributed by atoms with Gasteiger partial charge in [0.2, 0.25) is 15.9 Å². The number of sulfonamides is 1. The van der Waals surface area contributed by atoms with Gasteiger partial charge in [-0.1, -0.05) is 6.07 Å². The van der Waals surface area contributed by atoms with Gasteiger partial charge in [0.1, 0.15) is 0 Å². The van der Waals surface area contributed by atoms with Gasteiger partial charge < -0.3 is 10.4 Å². The number of aliphatic hydroxyl groups excluding tert-OH is 1. The molecular weight excluding hydrogens is 292 g/mol. The summed E-state index contributed by atoms with van der Waals surface area (Å²) in [5, 5.41) is 11.5. The predicted molar refractivity (Wildman–Crippen MR) is 81.6 cm³/mol. The van der Waals surface area contributed by atoms with Crippen LogP contribution in [0.2, 0.25) is 0 Å². The number of rotatable bonds is 6. The zero-order valence-corrected chi connectivity index (χ0v) is 13.5. The fraction of sp³-hybridized carbons (Fsp3) is 0.500. The van der Waals surface area contributed by atoms with Crippen molar-refractivity contribution in [3.8, 4) is 0 Å². The number of amides is 1. The SMILES string of the molecule is CC(=O)Nc1ccc(C)c(S(=O)(=O)NC(C)(C)CCO)c1. The molecule has 1 amide bonds. The zero-order valence-electron chi connectivity index (χ0n) is 12.7. The average Bonchev–Trinajstić information content (AvgIpc) is 2.29. The lowest BCUT2D eigenvalue weighted by Crippen LogP contribution is -2.44. The Kier molecular flexibility index (Phi) is 5.49. The van der Waals surface area contributed by atoms with Crippen molar-refractivity contribution in [1.29, 1.82) is 0 Å². The number of hydrogen-bond donors (Lipinski definition) is 3. The van der Waals surface area contributed by atoms with Crippen LogP contribution in [0.3, 0.4) is 0 Å². The number of aliphatic hydroxyl groups is 1. The Morgan fingerprint density at radius 1 is 1.33 bits per heavy atom. The molecule has 0 saturated heterocycles. The van der Waals surface area contributed by atoms with Crippen LogP contribution in [0.15, 0.2) is 23.1 Å². The lowest BCUT2D eigenvalue weighted by atomic mass is 10.0. The second-order valence-corrected chi connectivity index (χ2v) is 7.28. The molecule has 0 radical (unpaired) electrons. The third kappa shape index (κ3) is 5.11. The van der Waals surface area contributed by atoms with Crippen molar-refractivity contribution >= 4 is 21.6 Å². The van der Waals surface area contributed by atoms with Crippen molar-refractivity contribution in [2.75, 3.05) is 11.9 Å². The molecule has 1 aromatic carbocycles. The molecule has 0 heterocycles. The van der Waals surface area contributed by atoms with Crippen LogP contribution in [0.4, 0.5) is 5.69 Å². The molecule has 0 fully saturated rings. The van der Waals surface area contributed by atoms with Crippen LogP contribution in [0.25, 0.3) is 0 Å². The fourth-order valence-corrected chi connectivity index (χ4v) is 3.63. The molecule has 0 spiro atoms. The number of aryl methyl sites for hydroxylation is 1. The summed E-state index contributed by atoms with van der Waals surface area (Å²) in [5.74, 6) is -0.268. The Labute approximate surface area is 125 Å². The van der Waals surface area contributed by atoms with Gasteiger partial charge in [-0.3, -0.25) is 4.79 Å². The van der Waals surface area contributed by atoms with Crippen LogP contribution in [-0.2, 0) is 14.8 Å². The van der Waals surface area contributed by atoms with Crippen molar-refractivity contribution in [2.24, 2.45) is 0 Å². The first-order valence-corrected chi connectivity index (χ1v) is 8.09.